The Morgan fingerprint density at radius 2 is 2.25 bits per heavy atom. The standard InChI is InChI=1S/CH2NOSi/c3-2-1-4/h1,3H. The first-order valence-electron chi connectivity index (χ1n) is 0.747. The lowest BCUT2D eigenvalue weighted by Crippen LogP contribution is -1.59. The van der Waals surface area contributed by atoms with E-state index in [1.54, 1.807) is 0 Å². The van der Waals surface area contributed by atoms with Gasteiger partial charge in [0.1, 0.15) is 0 Å². The van der Waals surface area contributed by atoms with Gasteiger partial charge < -0.3 is 5.21 Å². The van der Waals surface area contributed by atoms with Crippen LogP contribution in [0.25, 0.3) is 0 Å². The first-order valence-corrected chi connectivity index (χ1v) is 1.32. The second-order valence-corrected chi connectivity index (χ2v) is 0.503. The maximum absolute atomic E-state index is 7.40. The molecule has 0 aliphatic rings. The van der Waals surface area contributed by atoms with E-state index in [2.05, 4.69) is 15.4 Å². The van der Waals surface area contributed by atoms with Gasteiger partial charge in [0.25, 0.3) is 0 Å². The highest BCUT2D eigenvalue weighted by Gasteiger charge is 1.36. The average molecular weight is 72.1 g/mol. The normalized spacial score (nSPS) is 9.25. The second kappa shape index (κ2) is 2.69. The van der Waals surface area contributed by atoms with Crippen LogP contribution in [0.5, 0.6) is 0 Å². The molecule has 0 aliphatic heterocycles. The highest BCUT2D eigenvalue weighted by molar-refractivity contribution is 6.49. The molecule has 0 aliphatic carbocycles. The molecule has 0 atom stereocenters. The minimum atomic E-state index is 1.11. The molecular weight excluding hydrogens is 70.1 g/mol. The van der Waals surface area contributed by atoms with Crippen LogP contribution in [0.1, 0.15) is 0 Å². The van der Waals surface area contributed by atoms with Crippen LogP contribution in [0.2, 0.25) is 0 Å². The third-order valence-electron chi connectivity index (χ3n) is 0.0577. The van der Waals surface area contributed by atoms with Crippen LogP contribution in [0.15, 0.2) is 5.16 Å². The highest BCUT2D eigenvalue weighted by atomic mass is 28.1. The minimum absolute atomic E-state index is 1.11. The third kappa shape index (κ3) is 1.69. The first-order chi connectivity index (χ1) is 1.91. The highest BCUT2D eigenvalue weighted by Crippen LogP contribution is 1.31. The topological polar surface area (TPSA) is 32.6 Å². The van der Waals surface area contributed by atoms with E-state index in [1.807, 2.05) is 0 Å². The van der Waals surface area contributed by atoms with Crippen molar-refractivity contribution < 1.29 is 5.21 Å². The Hall–Kier alpha value is -0.313. The zero-order valence-corrected chi connectivity index (χ0v) is 2.97. The Bertz CT molecular complexity index is 23.2. The fourth-order valence-corrected chi connectivity index (χ4v) is 0. The molecule has 0 aromatic heterocycles. The molecule has 0 aromatic carbocycles. The molecule has 0 saturated heterocycles. The van der Waals surface area contributed by atoms with Crippen molar-refractivity contribution in [2.45, 2.75) is 0 Å². The van der Waals surface area contributed by atoms with Gasteiger partial charge in [-0.2, -0.15) is 0 Å². The molecular formula is CH2NOSi. The van der Waals surface area contributed by atoms with Gasteiger partial charge in [-0.05, 0) is 0 Å². The lowest BCUT2D eigenvalue weighted by Gasteiger charge is -1.53. The zero-order chi connectivity index (χ0) is 3.41. The summed E-state index contributed by atoms with van der Waals surface area (Å²) in [6.45, 7) is 0. The fraction of sp³-hybridized carbons (Fsp3) is 0. The zero-order valence-electron chi connectivity index (χ0n) is 1.97. The van der Waals surface area contributed by atoms with Gasteiger partial charge in [-0.25, -0.2) is 0 Å². The molecule has 0 bridgehead atoms. The molecule has 0 unspecified atom stereocenters. The van der Waals surface area contributed by atoms with Crippen LogP contribution in [0, 0.1) is 0 Å². The van der Waals surface area contributed by atoms with Crippen molar-refractivity contribution >= 4 is 16.1 Å². The largest absolute Gasteiger partial charge is 0.411 e. The molecule has 0 aromatic rings. The monoisotopic (exact) mass is 72.0 g/mol. The van der Waals surface area contributed by atoms with Crippen LogP contribution in [0.4, 0.5) is 0 Å². The van der Waals surface area contributed by atoms with Crippen molar-refractivity contribution in [1.82, 2.24) is 0 Å². The Morgan fingerprint density at radius 3 is 2.25 bits per heavy atom. The van der Waals surface area contributed by atoms with E-state index in [1.165, 1.54) is 0 Å². The predicted molar refractivity (Wildman–Crippen MR) is 16.0 cm³/mol. The Labute approximate surface area is 27.6 Å². The molecule has 0 saturated carbocycles. The molecule has 3 radical (unpaired) electrons. The van der Waals surface area contributed by atoms with Crippen molar-refractivity contribution in [3.63, 3.8) is 0 Å². The molecule has 0 amide bonds. The van der Waals surface area contributed by atoms with Gasteiger partial charge in [0, 0.05) is 5.84 Å². The molecule has 0 heterocycles. The molecule has 0 fully saturated rings. The number of nitrogens with zero attached hydrogens (tertiary/aromatic N) is 1. The van der Waals surface area contributed by atoms with Gasteiger partial charge in [0.2, 0.25) is 0 Å². The lowest BCUT2D eigenvalue weighted by atomic mass is 11.7. The van der Waals surface area contributed by atoms with Crippen molar-refractivity contribution in [2.75, 3.05) is 0 Å². The molecule has 1 N–H and O–H groups in total. The van der Waals surface area contributed by atoms with Crippen LogP contribution < -0.4 is 0 Å². The minimum Gasteiger partial charge on any atom is -0.411 e. The van der Waals surface area contributed by atoms with Gasteiger partial charge in [0.05, 0.1) is 10.2 Å². The van der Waals surface area contributed by atoms with E-state index in [9.17, 15) is 0 Å². The first kappa shape index (κ1) is 3.69. The van der Waals surface area contributed by atoms with Crippen LogP contribution in [-0.4, -0.2) is 21.3 Å². The van der Waals surface area contributed by atoms with Gasteiger partial charge in [-0.1, -0.05) is 0 Å². The summed E-state index contributed by atoms with van der Waals surface area (Å²) >= 11 is 0. The molecule has 3 heteroatoms. The van der Waals surface area contributed by atoms with E-state index >= 15 is 0 Å². The smallest absolute Gasteiger partial charge is 0.0928 e. The van der Waals surface area contributed by atoms with Crippen LogP contribution in [-0.2, 0) is 0 Å². The maximum Gasteiger partial charge on any atom is 0.0928 e. The van der Waals surface area contributed by atoms with Crippen molar-refractivity contribution in [3.8, 4) is 0 Å². The fourth-order valence-electron chi connectivity index (χ4n) is 0. The van der Waals surface area contributed by atoms with Crippen LogP contribution in [0.3, 0.4) is 0 Å². The Morgan fingerprint density at radius 1 is 2.00 bits per heavy atom. The molecule has 0 rings (SSSR count). The summed E-state index contributed by atoms with van der Waals surface area (Å²) in [7, 11) is 2.75. The summed E-state index contributed by atoms with van der Waals surface area (Å²) in [5.74, 6) is 1.11. The van der Waals surface area contributed by atoms with E-state index in [0.29, 0.717) is 0 Å². The van der Waals surface area contributed by atoms with Crippen molar-refractivity contribution in [1.29, 1.82) is 0 Å². The van der Waals surface area contributed by atoms with Crippen molar-refractivity contribution in [2.24, 2.45) is 5.16 Å². The third-order valence-corrected chi connectivity index (χ3v) is 0.173. The maximum atomic E-state index is 7.40. The molecule has 21 valence electrons. The van der Waals surface area contributed by atoms with E-state index in [-0.39, 0.29) is 0 Å². The van der Waals surface area contributed by atoms with Crippen LogP contribution >= 0.6 is 0 Å². The second-order valence-electron chi connectivity index (χ2n) is 0.245. The number of hydrogen-bond acceptors (Lipinski definition) is 2. The number of rotatable bonds is 0. The Balaban J connectivity index is 2.55. The summed E-state index contributed by atoms with van der Waals surface area (Å²) < 4.78 is 0. The Kier molecular flexibility index (Phi) is 2.48. The number of oxime groups is 1. The van der Waals surface area contributed by atoms with E-state index in [4.69, 9.17) is 5.21 Å². The summed E-state index contributed by atoms with van der Waals surface area (Å²) in [5.41, 5.74) is 0. The van der Waals surface area contributed by atoms with E-state index in [0.717, 1.165) is 5.84 Å². The summed E-state index contributed by atoms with van der Waals surface area (Å²) in [6, 6.07) is 0. The molecule has 4 heavy (non-hydrogen) atoms. The van der Waals surface area contributed by atoms with Gasteiger partial charge in [-0.15, -0.1) is 5.16 Å². The van der Waals surface area contributed by atoms with Crippen molar-refractivity contribution in [3.05, 3.63) is 0 Å². The van der Waals surface area contributed by atoms with Gasteiger partial charge >= 0.3 is 0 Å². The summed E-state index contributed by atoms with van der Waals surface area (Å²) in [6.07, 6.45) is 0. The van der Waals surface area contributed by atoms with E-state index < -0.39 is 0 Å². The predicted octanol–water partition coefficient (Wildman–Crippen LogP) is -0.428. The molecule has 0 spiro atoms. The average Bonchev–Trinajstić information content (AvgIpc) is 1.37. The lowest BCUT2D eigenvalue weighted by molar-refractivity contribution is 0.323. The van der Waals surface area contributed by atoms with Gasteiger partial charge in [-0.3, -0.25) is 0 Å². The summed E-state index contributed by atoms with van der Waals surface area (Å²) in [5, 5.41) is 9.92. The SMILES string of the molecule is ON=C[Si]. The molecule has 2 nitrogen and oxygen atoms in total. The number of hydrogen-bond donors (Lipinski definition) is 1. The quantitative estimate of drug-likeness (QED) is 0.179. The van der Waals surface area contributed by atoms with Gasteiger partial charge in [0.15, 0.2) is 0 Å². The summed E-state index contributed by atoms with van der Waals surface area (Å²) in [4.78, 5) is 0.